The Kier molecular flexibility index (Phi) is 4.15. The van der Waals surface area contributed by atoms with Gasteiger partial charge >= 0.3 is 6.18 Å². The van der Waals surface area contributed by atoms with Crippen molar-refractivity contribution >= 4 is 0 Å². The number of alkyl halides is 3. The molecule has 22 heavy (non-hydrogen) atoms. The Hall–Kier alpha value is -1.89. The summed E-state index contributed by atoms with van der Waals surface area (Å²) in [7, 11) is 0. The molecule has 1 saturated heterocycles. The van der Waals surface area contributed by atoms with E-state index in [-0.39, 0.29) is 5.92 Å². The number of aromatic nitrogens is 3. The van der Waals surface area contributed by atoms with Crippen molar-refractivity contribution in [2.24, 2.45) is 0 Å². The molecular formula is C15H17F3N4. The molecule has 1 fully saturated rings. The number of nitrogens with zero attached hydrogens (tertiary/aromatic N) is 3. The molecule has 0 unspecified atom stereocenters. The molecule has 0 aromatic carbocycles. The maximum absolute atomic E-state index is 12.6. The first-order valence-corrected chi connectivity index (χ1v) is 7.26. The third-order valence-electron chi connectivity index (χ3n) is 3.96. The Morgan fingerprint density at radius 3 is 2.91 bits per heavy atom. The van der Waals surface area contributed by atoms with Crippen LogP contribution in [0.3, 0.4) is 0 Å². The normalized spacial score (nSPS) is 20.2. The first kappa shape index (κ1) is 15.0. The average molecular weight is 310 g/mol. The van der Waals surface area contributed by atoms with Crippen LogP contribution in [0.15, 0.2) is 30.6 Å². The van der Waals surface area contributed by atoms with Gasteiger partial charge in [0.05, 0.1) is 0 Å². The molecule has 0 radical (unpaired) electrons. The smallest absolute Gasteiger partial charge is 0.298 e. The minimum atomic E-state index is -4.39. The number of nitrogens with one attached hydrogen (secondary N) is 1. The fraction of sp³-hybridized carbons (Fsp3) is 0.467. The van der Waals surface area contributed by atoms with Crippen LogP contribution in [0.2, 0.25) is 0 Å². The summed E-state index contributed by atoms with van der Waals surface area (Å²) < 4.78 is 37.9. The van der Waals surface area contributed by atoms with E-state index in [9.17, 15) is 13.2 Å². The van der Waals surface area contributed by atoms with E-state index in [1.54, 1.807) is 6.20 Å². The monoisotopic (exact) mass is 310 g/mol. The van der Waals surface area contributed by atoms with Crippen molar-refractivity contribution in [2.75, 3.05) is 13.1 Å². The molecule has 0 spiro atoms. The number of halogens is 3. The van der Waals surface area contributed by atoms with Crippen LogP contribution >= 0.6 is 0 Å². The zero-order valence-corrected chi connectivity index (χ0v) is 12.0. The van der Waals surface area contributed by atoms with Crippen LogP contribution in [0.5, 0.6) is 0 Å². The standard InChI is InChI=1S/C15H17F3N4/c16-15(17,18)14-7-13(20-21-14)12-4-2-6-22(10-12)9-11-3-1-5-19-8-11/h1,3,5,7-8,12H,2,4,6,9-10H2,(H,20,21)/t12-/m1/s1. The highest BCUT2D eigenvalue weighted by Crippen LogP contribution is 2.32. The Morgan fingerprint density at radius 1 is 1.36 bits per heavy atom. The number of rotatable bonds is 3. The lowest BCUT2D eigenvalue weighted by molar-refractivity contribution is -0.141. The molecule has 1 aliphatic heterocycles. The van der Waals surface area contributed by atoms with Crippen LogP contribution in [0.25, 0.3) is 0 Å². The number of piperidine rings is 1. The highest BCUT2D eigenvalue weighted by atomic mass is 19.4. The van der Waals surface area contributed by atoms with E-state index >= 15 is 0 Å². The Morgan fingerprint density at radius 2 is 2.23 bits per heavy atom. The van der Waals surface area contributed by atoms with Crippen LogP contribution < -0.4 is 0 Å². The zero-order chi connectivity index (χ0) is 15.6. The van der Waals surface area contributed by atoms with Gasteiger partial charge in [-0.25, -0.2) is 0 Å². The molecule has 1 aliphatic rings. The summed E-state index contributed by atoms with van der Waals surface area (Å²) in [6.45, 7) is 2.45. The molecule has 7 heteroatoms. The third-order valence-corrected chi connectivity index (χ3v) is 3.96. The minimum absolute atomic E-state index is 0.0639. The van der Waals surface area contributed by atoms with E-state index in [4.69, 9.17) is 0 Å². The molecular weight excluding hydrogens is 293 g/mol. The van der Waals surface area contributed by atoms with E-state index in [1.807, 2.05) is 18.3 Å². The Labute approximate surface area is 126 Å². The summed E-state index contributed by atoms with van der Waals surface area (Å²) in [5, 5.41) is 5.95. The van der Waals surface area contributed by atoms with Crippen molar-refractivity contribution in [1.29, 1.82) is 0 Å². The number of hydrogen-bond donors (Lipinski definition) is 1. The second kappa shape index (κ2) is 6.08. The second-order valence-electron chi connectivity index (χ2n) is 5.64. The summed E-state index contributed by atoms with van der Waals surface area (Å²) >= 11 is 0. The molecule has 2 aromatic heterocycles. The van der Waals surface area contributed by atoms with Gasteiger partial charge in [-0.3, -0.25) is 15.0 Å². The summed E-state index contributed by atoms with van der Waals surface area (Å²) in [6, 6.07) is 5.04. The average Bonchev–Trinajstić information content (AvgIpc) is 2.99. The van der Waals surface area contributed by atoms with Gasteiger partial charge in [0.25, 0.3) is 0 Å². The lowest BCUT2D eigenvalue weighted by Gasteiger charge is -2.32. The number of hydrogen-bond acceptors (Lipinski definition) is 3. The van der Waals surface area contributed by atoms with Crippen LogP contribution in [-0.4, -0.2) is 33.2 Å². The van der Waals surface area contributed by atoms with Gasteiger partial charge in [0.2, 0.25) is 0 Å². The fourth-order valence-electron chi connectivity index (χ4n) is 2.89. The van der Waals surface area contributed by atoms with Gasteiger partial charge in [0.15, 0.2) is 5.69 Å². The third kappa shape index (κ3) is 3.47. The molecule has 0 aliphatic carbocycles. The molecule has 2 aromatic rings. The van der Waals surface area contributed by atoms with E-state index in [0.717, 1.165) is 44.1 Å². The van der Waals surface area contributed by atoms with Crippen molar-refractivity contribution in [2.45, 2.75) is 31.5 Å². The highest BCUT2D eigenvalue weighted by molar-refractivity contribution is 5.17. The largest absolute Gasteiger partial charge is 0.435 e. The van der Waals surface area contributed by atoms with Crippen LogP contribution in [0.4, 0.5) is 13.2 Å². The molecule has 4 nitrogen and oxygen atoms in total. The number of pyridine rings is 1. The van der Waals surface area contributed by atoms with Gasteiger partial charge < -0.3 is 0 Å². The van der Waals surface area contributed by atoms with E-state index in [0.29, 0.717) is 5.69 Å². The SMILES string of the molecule is FC(F)(F)c1cc([C@@H]2CCCN(Cc3cccnc3)C2)[nH]n1. The van der Waals surface area contributed by atoms with Gasteiger partial charge in [0.1, 0.15) is 0 Å². The quantitative estimate of drug-likeness (QED) is 0.947. The maximum atomic E-state index is 12.6. The lowest BCUT2D eigenvalue weighted by Crippen LogP contribution is -2.34. The molecule has 0 bridgehead atoms. The van der Waals surface area contributed by atoms with Crippen molar-refractivity contribution in [3.05, 3.63) is 47.5 Å². The summed E-state index contributed by atoms with van der Waals surface area (Å²) in [4.78, 5) is 6.34. The predicted octanol–water partition coefficient (Wildman–Crippen LogP) is 3.20. The molecule has 3 heterocycles. The van der Waals surface area contributed by atoms with Crippen molar-refractivity contribution < 1.29 is 13.2 Å². The van der Waals surface area contributed by atoms with E-state index in [1.165, 1.54) is 0 Å². The van der Waals surface area contributed by atoms with Gasteiger partial charge in [-0.15, -0.1) is 0 Å². The van der Waals surface area contributed by atoms with Crippen LogP contribution in [-0.2, 0) is 12.7 Å². The number of aromatic amines is 1. The topological polar surface area (TPSA) is 44.8 Å². The first-order valence-electron chi connectivity index (χ1n) is 7.26. The predicted molar refractivity (Wildman–Crippen MR) is 75.1 cm³/mol. The van der Waals surface area contributed by atoms with Crippen LogP contribution in [0.1, 0.15) is 35.7 Å². The Bertz CT molecular complexity index is 609. The van der Waals surface area contributed by atoms with Gasteiger partial charge in [-0.05, 0) is 37.1 Å². The Balaban J connectivity index is 1.67. The van der Waals surface area contributed by atoms with Crippen LogP contribution in [0, 0.1) is 0 Å². The maximum Gasteiger partial charge on any atom is 0.435 e. The van der Waals surface area contributed by atoms with Crippen molar-refractivity contribution in [1.82, 2.24) is 20.1 Å². The molecule has 1 atom stereocenters. The lowest BCUT2D eigenvalue weighted by atomic mass is 9.94. The molecule has 3 rings (SSSR count). The first-order chi connectivity index (χ1) is 10.5. The second-order valence-corrected chi connectivity index (χ2v) is 5.64. The summed E-state index contributed by atoms with van der Waals surface area (Å²) in [6.07, 6.45) is 1.00. The minimum Gasteiger partial charge on any atom is -0.298 e. The molecule has 118 valence electrons. The zero-order valence-electron chi connectivity index (χ0n) is 12.0. The van der Waals surface area contributed by atoms with Crippen molar-refractivity contribution in [3.8, 4) is 0 Å². The summed E-state index contributed by atoms with van der Waals surface area (Å²) in [5.74, 6) is 0.0639. The molecule has 0 amide bonds. The van der Waals surface area contributed by atoms with Gasteiger partial charge in [-0.1, -0.05) is 6.07 Å². The fourth-order valence-corrected chi connectivity index (χ4v) is 2.89. The number of likely N-dealkylation sites (tertiary alicyclic amines) is 1. The molecule has 0 saturated carbocycles. The van der Waals surface area contributed by atoms with E-state index < -0.39 is 11.9 Å². The summed E-state index contributed by atoms with van der Waals surface area (Å²) in [5.41, 5.74) is 0.846. The van der Waals surface area contributed by atoms with Crippen molar-refractivity contribution in [3.63, 3.8) is 0 Å². The number of H-pyrrole nitrogens is 1. The molecule has 1 N–H and O–H groups in total. The highest BCUT2D eigenvalue weighted by Gasteiger charge is 2.35. The van der Waals surface area contributed by atoms with Gasteiger partial charge in [-0.2, -0.15) is 18.3 Å². The van der Waals surface area contributed by atoms with Gasteiger partial charge in [0, 0.05) is 37.1 Å². The van der Waals surface area contributed by atoms with E-state index in [2.05, 4.69) is 20.1 Å².